The number of nitrogens with two attached hydrogens (primary N) is 1. The van der Waals surface area contributed by atoms with Crippen LogP contribution < -0.4 is 11.1 Å². The van der Waals surface area contributed by atoms with Gasteiger partial charge in [0.05, 0.1) is 17.7 Å². The SMILES string of the molecule is CSC1CCCC1NC(=O)c1ccncc1C#CCN. The molecule has 0 aliphatic heterocycles. The van der Waals surface area contributed by atoms with Gasteiger partial charge in [-0.2, -0.15) is 11.8 Å². The lowest BCUT2D eigenvalue weighted by Crippen LogP contribution is -2.38. The third-order valence-electron chi connectivity index (χ3n) is 3.46. The summed E-state index contributed by atoms with van der Waals surface area (Å²) in [6.45, 7) is 0.271. The van der Waals surface area contributed by atoms with Gasteiger partial charge >= 0.3 is 0 Å². The lowest BCUT2D eigenvalue weighted by Gasteiger charge is -2.19. The zero-order valence-corrected chi connectivity index (χ0v) is 12.4. The van der Waals surface area contributed by atoms with Crippen molar-refractivity contribution in [1.82, 2.24) is 10.3 Å². The van der Waals surface area contributed by atoms with Crippen molar-refractivity contribution in [3.05, 3.63) is 29.6 Å². The first-order valence-corrected chi connectivity index (χ1v) is 8.01. The fourth-order valence-electron chi connectivity index (χ4n) is 2.46. The zero-order valence-electron chi connectivity index (χ0n) is 11.6. The van der Waals surface area contributed by atoms with Gasteiger partial charge in [0.2, 0.25) is 0 Å². The number of nitrogens with one attached hydrogen (secondary N) is 1. The van der Waals surface area contributed by atoms with Gasteiger partial charge in [-0.05, 0) is 25.2 Å². The number of nitrogens with zero attached hydrogens (tertiary/aromatic N) is 1. The molecule has 1 heterocycles. The van der Waals surface area contributed by atoms with Crippen LogP contribution in [0.2, 0.25) is 0 Å². The van der Waals surface area contributed by atoms with Crippen LogP contribution in [0.3, 0.4) is 0 Å². The summed E-state index contributed by atoms with van der Waals surface area (Å²) in [6.07, 6.45) is 8.71. The summed E-state index contributed by atoms with van der Waals surface area (Å²) in [4.78, 5) is 16.4. The second-order valence-electron chi connectivity index (χ2n) is 4.71. The minimum absolute atomic E-state index is 0.0697. The van der Waals surface area contributed by atoms with Crippen molar-refractivity contribution in [2.75, 3.05) is 12.8 Å². The Balaban J connectivity index is 2.13. The molecule has 5 heteroatoms. The van der Waals surface area contributed by atoms with E-state index in [0.717, 1.165) is 6.42 Å². The molecule has 1 saturated carbocycles. The van der Waals surface area contributed by atoms with Gasteiger partial charge in [0.25, 0.3) is 5.91 Å². The molecule has 0 radical (unpaired) electrons. The number of hydrogen-bond acceptors (Lipinski definition) is 4. The Kier molecular flexibility index (Phi) is 5.45. The predicted molar refractivity (Wildman–Crippen MR) is 82.6 cm³/mol. The van der Waals surface area contributed by atoms with E-state index in [2.05, 4.69) is 28.4 Å². The Labute approximate surface area is 123 Å². The Morgan fingerprint density at radius 2 is 2.45 bits per heavy atom. The van der Waals surface area contributed by atoms with Crippen LogP contribution >= 0.6 is 11.8 Å². The monoisotopic (exact) mass is 289 g/mol. The number of rotatable bonds is 3. The Morgan fingerprint density at radius 3 is 3.20 bits per heavy atom. The third-order valence-corrected chi connectivity index (χ3v) is 4.63. The molecule has 0 saturated heterocycles. The molecule has 1 aliphatic carbocycles. The standard InChI is InChI=1S/C15H19N3OS/c1-20-14-6-2-5-13(14)18-15(19)12-7-9-17-10-11(12)4-3-8-16/h7,9-10,13-14H,2,5-6,8,16H2,1H3,(H,18,19). The maximum Gasteiger partial charge on any atom is 0.252 e. The first kappa shape index (κ1) is 14.9. The van der Waals surface area contributed by atoms with E-state index < -0.39 is 0 Å². The molecule has 4 nitrogen and oxygen atoms in total. The van der Waals surface area contributed by atoms with Crippen LogP contribution in [0, 0.1) is 11.8 Å². The fraction of sp³-hybridized carbons (Fsp3) is 0.467. The van der Waals surface area contributed by atoms with E-state index in [1.807, 2.05) is 11.8 Å². The van der Waals surface area contributed by atoms with Gasteiger partial charge in [-0.25, -0.2) is 0 Å². The molecular weight excluding hydrogens is 270 g/mol. The van der Waals surface area contributed by atoms with Gasteiger partial charge in [0.15, 0.2) is 0 Å². The van der Waals surface area contributed by atoms with Gasteiger partial charge in [-0.3, -0.25) is 9.78 Å². The average Bonchev–Trinajstić information content (AvgIpc) is 2.92. The fourth-order valence-corrected chi connectivity index (χ4v) is 3.39. The number of amides is 1. The van der Waals surface area contributed by atoms with Gasteiger partial charge in [0, 0.05) is 23.7 Å². The maximum absolute atomic E-state index is 12.4. The number of aromatic nitrogens is 1. The molecule has 0 spiro atoms. The molecule has 106 valence electrons. The first-order chi connectivity index (χ1) is 9.76. The Hall–Kier alpha value is -1.51. The normalized spacial score (nSPS) is 21.1. The van der Waals surface area contributed by atoms with E-state index in [1.165, 1.54) is 12.8 Å². The smallest absolute Gasteiger partial charge is 0.252 e. The van der Waals surface area contributed by atoms with E-state index in [-0.39, 0.29) is 18.5 Å². The average molecular weight is 289 g/mol. The highest BCUT2D eigenvalue weighted by molar-refractivity contribution is 7.99. The number of hydrogen-bond donors (Lipinski definition) is 2. The summed E-state index contributed by atoms with van der Waals surface area (Å²) >= 11 is 1.82. The molecular formula is C15H19N3OS. The zero-order chi connectivity index (χ0) is 14.4. The number of thioether (sulfide) groups is 1. The van der Waals surface area contributed by atoms with Gasteiger partial charge in [0.1, 0.15) is 0 Å². The van der Waals surface area contributed by atoms with Crippen LogP contribution in [0.5, 0.6) is 0 Å². The Bertz CT molecular complexity index is 535. The van der Waals surface area contributed by atoms with Crippen LogP contribution in [0.15, 0.2) is 18.5 Å². The van der Waals surface area contributed by atoms with E-state index in [1.54, 1.807) is 18.5 Å². The second kappa shape index (κ2) is 7.32. The van der Waals surface area contributed by atoms with Crippen molar-refractivity contribution in [2.45, 2.75) is 30.6 Å². The molecule has 1 aromatic heterocycles. The van der Waals surface area contributed by atoms with E-state index in [0.29, 0.717) is 16.4 Å². The van der Waals surface area contributed by atoms with Crippen molar-refractivity contribution >= 4 is 17.7 Å². The minimum Gasteiger partial charge on any atom is -0.348 e. The second-order valence-corrected chi connectivity index (χ2v) is 5.79. The van der Waals surface area contributed by atoms with Gasteiger partial charge in [-0.1, -0.05) is 18.3 Å². The molecule has 1 aliphatic rings. The number of pyridine rings is 1. The molecule has 2 rings (SSSR count). The number of carbonyl (C=O) groups excluding carboxylic acids is 1. The largest absolute Gasteiger partial charge is 0.348 e. The molecule has 1 amide bonds. The van der Waals surface area contributed by atoms with Gasteiger partial charge in [-0.15, -0.1) is 0 Å². The van der Waals surface area contributed by atoms with Crippen LogP contribution in [0.4, 0.5) is 0 Å². The lowest BCUT2D eigenvalue weighted by molar-refractivity contribution is 0.0938. The van der Waals surface area contributed by atoms with Crippen LogP contribution in [0.25, 0.3) is 0 Å². The molecule has 0 bridgehead atoms. The van der Waals surface area contributed by atoms with E-state index >= 15 is 0 Å². The molecule has 2 atom stereocenters. The van der Waals surface area contributed by atoms with Crippen molar-refractivity contribution < 1.29 is 4.79 Å². The van der Waals surface area contributed by atoms with E-state index in [9.17, 15) is 4.79 Å². The van der Waals surface area contributed by atoms with Crippen molar-refractivity contribution in [3.63, 3.8) is 0 Å². The highest BCUT2D eigenvalue weighted by Crippen LogP contribution is 2.28. The first-order valence-electron chi connectivity index (χ1n) is 6.73. The summed E-state index contributed by atoms with van der Waals surface area (Å²) in [5.74, 6) is 5.60. The van der Waals surface area contributed by atoms with Crippen LogP contribution in [-0.4, -0.2) is 35.0 Å². The quantitative estimate of drug-likeness (QED) is 0.826. The topological polar surface area (TPSA) is 68.0 Å². The summed E-state index contributed by atoms with van der Waals surface area (Å²) < 4.78 is 0. The summed E-state index contributed by atoms with van der Waals surface area (Å²) in [7, 11) is 0. The van der Waals surface area contributed by atoms with Gasteiger partial charge < -0.3 is 11.1 Å². The summed E-state index contributed by atoms with van der Waals surface area (Å²) in [6, 6.07) is 1.96. The number of carbonyl (C=O) groups is 1. The molecule has 1 aromatic rings. The summed E-state index contributed by atoms with van der Waals surface area (Å²) in [5.41, 5.74) is 6.58. The van der Waals surface area contributed by atoms with E-state index in [4.69, 9.17) is 5.73 Å². The summed E-state index contributed by atoms with van der Waals surface area (Å²) in [5, 5.41) is 3.64. The minimum atomic E-state index is -0.0697. The van der Waals surface area contributed by atoms with Crippen LogP contribution in [-0.2, 0) is 0 Å². The lowest BCUT2D eigenvalue weighted by atomic mass is 10.1. The molecule has 20 heavy (non-hydrogen) atoms. The maximum atomic E-state index is 12.4. The molecule has 1 fully saturated rings. The molecule has 3 N–H and O–H groups in total. The third kappa shape index (κ3) is 3.53. The highest BCUT2D eigenvalue weighted by atomic mass is 32.2. The van der Waals surface area contributed by atoms with Crippen molar-refractivity contribution in [2.24, 2.45) is 5.73 Å². The molecule has 2 unspecified atom stereocenters. The Morgan fingerprint density at radius 1 is 1.60 bits per heavy atom. The predicted octanol–water partition coefficient (Wildman–Crippen LogP) is 1.41. The highest BCUT2D eigenvalue weighted by Gasteiger charge is 2.28. The van der Waals surface area contributed by atoms with Crippen molar-refractivity contribution in [3.8, 4) is 11.8 Å². The van der Waals surface area contributed by atoms with Crippen molar-refractivity contribution in [1.29, 1.82) is 0 Å². The van der Waals surface area contributed by atoms with Crippen LogP contribution in [0.1, 0.15) is 35.2 Å². The molecule has 0 aromatic carbocycles.